The van der Waals surface area contributed by atoms with Crippen LogP contribution in [-0.2, 0) is 15.6 Å². The summed E-state index contributed by atoms with van der Waals surface area (Å²) in [6.07, 6.45) is 1.65. The Morgan fingerprint density at radius 1 is 0.923 bits per heavy atom. The van der Waals surface area contributed by atoms with Crippen LogP contribution in [0.15, 0.2) is 78.2 Å². The summed E-state index contributed by atoms with van der Waals surface area (Å²) >= 11 is 0. The highest BCUT2D eigenvalue weighted by Crippen LogP contribution is 2.26. The largest absolute Gasteiger partial charge is 0.223 e. The second kappa shape index (κ2) is 7.22. The third kappa shape index (κ3) is 3.89. The van der Waals surface area contributed by atoms with Crippen LogP contribution in [0.5, 0.6) is 0 Å². The summed E-state index contributed by atoms with van der Waals surface area (Å²) < 4.78 is 52.1. The Kier molecular flexibility index (Phi) is 5.00. The van der Waals surface area contributed by atoms with E-state index in [-0.39, 0.29) is 16.2 Å². The maximum atomic E-state index is 13.9. The summed E-state index contributed by atoms with van der Waals surface area (Å²) in [6.45, 7) is 3.67. The van der Waals surface area contributed by atoms with Crippen molar-refractivity contribution in [2.24, 2.45) is 0 Å². The average Bonchev–Trinajstić information content (AvgIpc) is 2.62. The minimum Gasteiger partial charge on any atom is -0.223 e. The van der Waals surface area contributed by atoms with Crippen LogP contribution in [0.3, 0.4) is 0 Å². The van der Waals surface area contributed by atoms with E-state index in [2.05, 4.69) is 6.58 Å². The molecule has 5 heteroatoms. The Labute approximate surface area is 151 Å². The Balaban J connectivity index is 1.88. The summed E-state index contributed by atoms with van der Waals surface area (Å²) in [6, 6.07) is 16.3. The van der Waals surface area contributed by atoms with E-state index in [0.29, 0.717) is 11.1 Å². The van der Waals surface area contributed by atoms with Gasteiger partial charge in [0.15, 0.2) is 9.84 Å². The van der Waals surface area contributed by atoms with Gasteiger partial charge in [-0.15, -0.1) is 0 Å². The highest BCUT2D eigenvalue weighted by molar-refractivity contribution is 7.90. The standard InChI is InChI=1S/C21H16F2O2S/c1-2-15-4-3-5-16(12-15)14-26(24,25)19-9-6-17(7-10-19)20-11-8-18(22)13-21(20)23/h2-13H,1,14H2. The van der Waals surface area contributed by atoms with Crippen molar-refractivity contribution in [2.45, 2.75) is 10.6 Å². The lowest BCUT2D eigenvalue weighted by atomic mass is 10.1. The van der Waals surface area contributed by atoms with Gasteiger partial charge in [-0.3, -0.25) is 0 Å². The van der Waals surface area contributed by atoms with E-state index in [1.165, 1.54) is 30.3 Å². The molecule has 0 amide bonds. The van der Waals surface area contributed by atoms with Gasteiger partial charge in [0, 0.05) is 11.6 Å². The molecule has 3 aromatic carbocycles. The number of benzene rings is 3. The van der Waals surface area contributed by atoms with Gasteiger partial charge < -0.3 is 0 Å². The predicted octanol–water partition coefficient (Wildman–Crippen LogP) is 5.25. The Morgan fingerprint density at radius 2 is 1.65 bits per heavy atom. The molecule has 0 atom stereocenters. The van der Waals surface area contributed by atoms with E-state index < -0.39 is 21.5 Å². The van der Waals surface area contributed by atoms with Gasteiger partial charge in [-0.05, 0) is 41.0 Å². The molecule has 0 N–H and O–H groups in total. The van der Waals surface area contributed by atoms with Crippen LogP contribution in [0.4, 0.5) is 8.78 Å². The van der Waals surface area contributed by atoms with Crippen LogP contribution in [0.25, 0.3) is 17.2 Å². The zero-order chi connectivity index (χ0) is 18.7. The molecule has 0 saturated heterocycles. The Bertz CT molecular complexity index is 1060. The third-order valence-electron chi connectivity index (χ3n) is 4.00. The lowest BCUT2D eigenvalue weighted by molar-refractivity contribution is 0.585. The Morgan fingerprint density at radius 3 is 2.31 bits per heavy atom. The van der Waals surface area contributed by atoms with Crippen molar-refractivity contribution in [1.29, 1.82) is 0 Å². The molecule has 0 radical (unpaired) electrons. The zero-order valence-corrected chi connectivity index (χ0v) is 14.6. The van der Waals surface area contributed by atoms with Crippen molar-refractivity contribution < 1.29 is 17.2 Å². The van der Waals surface area contributed by atoms with Gasteiger partial charge in [0.1, 0.15) is 11.6 Å². The number of hydrogen-bond acceptors (Lipinski definition) is 2. The highest BCUT2D eigenvalue weighted by Gasteiger charge is 2.16. The van der Waals surface area contributed by atoms with E-state index in [0.717, 1.165) is 17.7 Å². The number of rotatable bonds is 5. The summed E-state index contributed by atoms with van der Waals surface area (Å²) in [5, 5.41) is 0. The van der Waals surface area contributed by atoms with Crippen LogP contribution < -0.4 is 0 Å². The fourth-order valence-corrected chi connectivity index (χ4v) is 4.01. The van der Waals surface area contributed by atoms with Crippen molar-refractivity contribution in [3.05, 3.63) is 96.1 Å². The molecular formula is C21H16F2O2S. The fourth-order valence-electron chi connectivity index (χ4n) is 2.68. The maximum absolute atomic E-state index is 13.9. The van der Waals surface area contributed by atoms with Crippen molar-refractivity contribution >= 4 is 15.9 Å². The first-order chi connectivity index (χ1) is 12.4. The molecule has 0 aliphatic carbocycles. The minimum absolute atomic E-state index is 0.140. The number of halogens is 2. The van der Waals surface area contributed by atoms with E-state index in [9.17, 15) is 17.2 Å². The fraction of sp³-hybridized carbons (Fsp3) is 0.0476. The number of sulfone groups is 1. The molecule has 0 aliphatic heterocycles. The molecule has 3 rings (SSSR count). The quantitative estimate of drug-likeness (QED) is 0.615. The topological polar surface area (TPSA) is 34.1 Å². The molecule has 0 unspecified atom stereocenters. The Hall–Kier alpha value is -2.79. The van der Waals surface area contributed by atoms with Crippen molar-refractivity contribution in [2.75, 3.05) is 0 Å². The molecule has 0 heterocycles. The first-order valence-corrected chi connectivity index (χ1v) is 9.54. The van der Waals surface area contributed by atoms with Gasteiger partial charge in [0.05, 0.1) is 10.6 Å². The third-order valence-corrected chi connectivity index (χ3v) is 5.70. The molecule has 0 saturated carbocycles. The van der Waals surface area contributed by atoms with Crippen LogP contribution in [0.2, 0.25) is 0 Å². The van der Waals surface area contributed by atoms with Gasteiger partial charge in [-0.1, -0.05) is 49.1 Å². The monoisotopic (exact) mass is 370 g/mol. The first-order valence-electron chi connectivity index (χ1n) is 7.89. The van der Waals surface area contributed by atoms with Gasteiger partial charge in [0.25, 0.3) is 0 Å². The van der Waals surface area contributed by atoms with E-state index >= 15 is 0 Å². The molecule has 0 aliphatic rings. The van der Waals surface area contributed by atoms with Gasteiger partial charge in [-0.2, -0.15) is 0 Å². The lowest BCUT2D eigenvalue weighted by Crippen LogP contribution is -2.05. The van der Waals surface area contributed by atoms with E-state index in [1.807, 2.05) is 6.07 Å². The summed E-state index contributed by atoms with van der Waals surface area (Å²) in [5.41, 5.74) is 2.21. The van der Waals surface area contributed by atoms with E-state index in [1.54, 1.807) is 24.3 Å². The molecular weight excluding hydrogens is 354 g/mol. The zero-order valence-electron chi connectivity index (χ0n) is 13.8. The first kappa shape index (κ1) is 18.0. The summed E-state index contributed by atoms with van der Waals surface area (Å²) in [5.74, 6) is -1.49. The normalized spacial score (nSPS) is 11.3. The molecule has 132 valence electrons. The van der Waals surface area contributed by atoms with E-state index in [4.69, 9.17) is 0 Å². The second-order valence-corrected chi connectivity index (χ2v) is 7.85. The van der Waals surface area contributed by atoms with Gasteiger partial charge >= 0.3 is 0 Å². The molecule has 0 spiro atoms. The molecule has 0 fully saturated rings. The summed E-state index contributed by atoms with van der Waals surface area (Å²) in [7, 11) is -3.54. The van der Waals surface area contributed by atoms with Crippen molar-refractivity contribution in [3.8, 4) is 11.1 Å². The number of hydrogen-bond donors (Lipinski definition) is 0. The molecule has 0 bridgehead atoms. The van der Waals surface area contributed by atoms with Crippen molar-refractivity contribution in [1.82, 2.24) is 0 Å². The summed E-state index contributed by atoms with van der Waals surface area (Å²) in [4.78, 5) is 0.146. The van der Waals surface area contributed by atoms with Crippen LogP contribution in [0, 0.1) is 11.6 Å². The molecule has 26 heavy (non-hydrogen) atoms. The average molecular weight is 370 g/mol. The second-order valence-electron chi connectivity index (χ2n) is 5.86. The van der Waals surface area contributed by atoms with Gasteiger partial charge in [-0.25, -0.2) is 17.2 Å². The van der Waals surface area contributed by atoms with Crippen molar-refractivity contribution in [3.63, 3.8) is 0 Å². The van der Waals surface area contributed by atoms with Crippen LogP contribution in [0.1, 0.15) is 11.1 Å². The predicted molar refractivity (Wildman–Crippen MR) is 99.2 cm³/mol. The van der Waals surface area contributed by atoms with Crippen LogP contribution >= 0.6 is 0 Å². The molecule has 2 nitrogen and oxygen atoms in total. The maximum Gasteiger partial charge on any atom is 0.182 e. The van der Waals surface area contributed by atoms with Gasteiger partial charge in [0.2, 0.25) is 0 Å². The highest BCUT2D eigenvalue weighted by atomic mass is 32.2. The SMILES string of the molecule is C=Cc1cccc(CS(=O)(=O)c2ccc(-c3ccc(F)cc3F)cc2)c1. The molecule has 3 aromatic rings. The minimum atomic E-state index is -3.54. The lowest BCUT2D eigenvalue weighted by Gasteiger charge is -2.08. The smallest absolute Gasteiger partial charge is 0.182 e. The molecule has 0 aromatic heterocycles. The van der Waals surface area contributed by atoms with Crippen LogP contribution in [-0.4, -0.2) is 8.42 Å².